The highest BCUT2D eigenvalue weighted by Gasteiger charge is 1.99. The maximum absolute atomic E-state index is 12.0. The molecule has 1 rings (SSSR count). The third-order valence-electron chi connectivity index (χ3n) is 2.65. The molecule has 0 aromatic carbocycles. The van der Waals surface area contributed by atoms with Crippen molar-refractivity contribution >= 4 is 12.7 Å². The van der Waals surface area contributed by atoms with E-state index in [1.54, 1.807) is 19.2 Å². The average Bonchev–Trinajstić information content (AvgIpc) is 2.39. The second-order valence-corrected chi connectivity index (χ2v) is 4.03. The molecule has 0 saturated heterocycles. The molecule has 0 unspecified atom stereocenters. The van der Waals surface area contributed by atoms with Gasteiger partial charge in [-0.2, -0.15) is 0 Å². The Morgan fingerprint density at radius 3 is 2.68 bits per heavy atom. The SMILES string of the molecule is C=CC(/C=c1/c(=O)[nH]c(=C)n(C)c1=O)=C\C=C/CC. The lowest BCUT2D eigenvalue weighted by atomic mass is 10.2. The molecule has 0 aliphatic carbocycles. The number of allylic oxidation sites excluding steroid dienone is 5. The Morgan fingerprint density at radius 1 is 1.42 bits per heavy atom. The summed E-state index contributed by atoms with van der Waals surface area (Å²) >= 11 is 0. The third-order valence-corrected chi connectivity index (χ3v) is 2.65. The topological polar surface area (TPSA) is 54.9 Å². The van der Waals surface area contributed by atoms with E-state index >= 15 is 0 Å². The molecule has 19 heavy (non-hydrogen) atoms. The van der Waals surface area contributed by atoms with Crippen LogP contribution in [0.1, 0.15) is 13.3 Å². The van der Waals surface area contributed by atoms with Crippen LogP contribution in [-0.2, 0) is 7.05 Å². The normalized spacial score (nSPS) is 13.2. The second kappa shape index (κ2) is 6.54. The van der Waals surface area contributed by atoms with Crippen LogP contribution in [0.3, 0.4) is 0 Å². The lowest BCUT2D eigenvalue weighted by molar-refractivity contribution is 0.764. The summed E-state index contributed by atoms with van der Waals surface area (Å²) in [5.41, 5.74) is 0.160. The van der Waals surface area contributed by atoms with Gasteiger partial charge >= 0.3 is 0 Å². The Bertz CT molecular complexity index is 746. The maximum atomic E-state index is 12.0. The zero-order valence-corrected chi connectivity index (χ0v) is 11.3. The average molecular weight is 258 g/mol. The molecule has 0 aliphatic heterocycles. The van der Waals surface area contributed by atoms with Gasteiger partial charge in [-0.05, 0) is 18.1 Å². The van der Waals surface area contributed by atoms with Crippen molar-refractivity contribution < 1.29 is 0 Å². The summed E-state index contributed by atoms with van der Waals surface area (Å²) in [7, 11) is 1.56. The van der Waals surface area contributed by atoms with Gasteiger partial charge in [0, 0.05) is 7.05 Å². The first kappa shape index (κ1) is 14.7. The number of nitrogens with one attached hydrogen (secondary N) is 1. The van der Waals surface area contributed by atoms with Gasteiger partial charge in [-0.15, -0.1) is 0 Å². The summed E-state index contributed by atoms with van der Waals surface area (Å²) in [6, 6.07) is 0. The zero-order chi connectivity index (χ0) is 14.4. The van der Waals surface area contributed by atoms with Crippen LogP contribution in [0.25, 0.3) is 12.7 Å². The van der Waals surface area contributed by atoms with Crippen LogP contribution in [0.15, 0.2) is 46.0 Å². The summed E-state index contributed by atoms with van der Waals surface area (Å²) in [6.45, 7) is 9.28. The molecule has 1 heterocycles. The predicted octanol–water partition coefficient (Wildman–Crippen LogP) is 0.343. The molecule has 0 aliphatic rings. The van der Waals surface area contributed by atoms with E-state index in [1.807, 2.05) is 19.1 Å². The first-order valence-corrected chi connectivity index (χ1v) is 6.00. The second-order valence-electron chi connectivity index (χ2n) is 4.03. The van der Waals surface area contributed by atoms with Gasteiger partial charge in [0.1, 0.15) is 10.7 Å². The molecule has 0 amide bonds. The highest BCUT2D eigenvalue weighted by atomic mass is 16.1. The van der Waals surface area contributed by atoms with Crippen molar-refractivity contribution in [2.45, 2.75) is 13.3 Å². The Kier molecular flexibility index (Phi) is 5.06. The van der Waals surface area contributed by atoms with Crippen LogP contribution in [0, 0.1) is 0 Å². The molecule has 0 atom stereocenters. The number of hydrogen-bond acceptors (Lipinski definition) is 2. The van der Waals surface area contributed by atoms with Gasteiger partial charge in [0.15, 0.2) is 0 Å². The third kappa shape index (κ3) is 3.55. The number of hydrogen-bond donors (Lipinski definition) is 1. The van der Waals surface area contributed by atoms with Gasteiger partial charge in [0.05, 0.1) is 0 Å². The number of H-pyrrole nitrogens is 1. The smallest absolute Gasteiger partial charge is 0.264 e. The van der Waals surface area contributed by atoms with E-state index in [2.05, 4.69) is 18.1 Å². The molecule has 1 N–H and O–H groups in total. The van der Waals surface area contributed by atoms with Gasteiger partial charge in [0.25, 0.3) is 11.1 Å². The highest BCUT2D eigenvalue weighted by molar-refractivity contribution is 5.53. The van der Waals surface area contributed by atoms with Crippen LogP contribution in [0.5, 0.6) is 0 Å². The molecule has 0 saturated carbocycles. The predicted molar refractivity (Wildman–Crippen MR) is 79.3 cm³/mol. The molecule has 0 spiro atoms. The summed E-state index contributed by atoms with van der Waals surface area (Å²) in [4.78, 5) is 26.3. The van der Waals surface area contributed by atoms with Crippen molar-refractivity contribution in [3.05, 3.63) is 67.9 Å². The first-order chi connectivity index (χ1) is 9.01. The lowest BCUT2D eigenvalue weighted by Crippen LogP contribution is -2.52. The quantitative estimate of drug-likeness (QED) is 0.792. The van der Waals surface area contributed by atoms with E-state index in [0.717, 1.165) is 6.42 Å². The minimum Gasteiger partial charge on any atom is -0.308 e. The van der Waals surface area contributed by atoms with Crippen LogP contribution in [0.2, 0.25) is 0 Å². The van der Waals surface area contributed by atoms with Gasteiger partial charge < -0.3 is 4.98 Å². The Hall–Kier alpha value is -2.36. The van der Waals surface area contributed by atoms with Crippen molar-refractivity contribution in [2.24, 2.45) is 7.05 Å². The fourth-order valence-electron chi connectivity index (χ4n) is 1.47. The van der Waals surface area contributed by atoms with E-state index in [4.69, 9.17) is 0 Å². The van der Waals surface area contributed by atoms with Crippen LogP contribution >= 0.6 is 0 Å². The molecule has 0 radical (unpaired) electrons. The Balaban J connectivity index is 3.53. The molecular formula is C15H18N2O2. The largest absolute Gasteiger partial charge is 0.308 e. The number of aromatic amines is 1. The van der Waals surface area contributed by atoms with E-state index in [1.165, 1.54) is 10.6 Å². The number of rotatable bonds is 4. The Labute approximate surface area is 111 Å². The fraction of sp³-hybridized carbons (Fsp3) is 0.200. The van der Waals surface area contributed by atoms with Crippen LogP contribution < -0.4 is 21.8 Å². The van der Waals surface area contributed by atoms with Crippen molar-refractivity contribution in [3.63, 3.8) is 0 Å². The number of aromatic nitrogens is 2. The summed E-state index contributed by atoms with van der Waals surface area (Å²) in [6.07, 6.45) is 9.66. The number of nitrogens with zero attached hydrogens (tertiary/aromatic N) is 1. The monoisotopic (exact) mass is 258 g/mol. The van der Waals surface area contributed by atoms with E-state index in [9.17, 15) is 9.59 Å². The molecule has 4 nitrogen and oxygen atoms in total. The fourth-order valence-corrected chi connectivity index (χ4v) is 1.47. The van der Waals surface area contributed by atoms with Crippen molar-refractivity contribution in [1.29, 1.82) is 0 Å². The summed E-state index contributed by atoms with van der Waals surface area (Å²) < 4.78 is 1.30. The van der Waals surface area contributed by atoms with Crippen LogP contribution in [-0.4, -0.2) is 9.55 Å². The minimum atomic E-state index is -0.444. The van der Waals surface area contributed by atoms with Gasteiger partial charge in [-0.3, -0.25) is 14.2 Å². The molecule has 1 aromatic heterocycles. The minimum absolute atomic E-state index is 0.0750. The summed E-state index contributed by atoms with van der Waals surface area (Å²) in [5.74, 6) is 0. The van der Waals surface area contributed by atoms with Gasteiger partial charge in [-0.25, -0.2) is 0 Å². The molecule has 0 fully saturated rings. The van der Waals surface area contributed by atoms with Crippen molar-refractivity contribution in [2.75, 3.05) is 0 Å². The first-order valence-electron chi connectivity index (χ1n) is 6.00. The molecular weight excluding hydrogens is 240 g/mol. The van der Waals surface area contributed by atoms with Crippen LogP contribution in [0.4, 0.5) is 0 Å². The van der Waals surface area contributed by atoms with Crippen molar-refractivity contribution in [3.8, 4) is 0 Å². The molecule has 4 heteroatoms. The van der Waals surface area contributed by atoms with E-state index < -0.39 is 5.56 Å². The zero-order valence-electron chi connectivity index (χ0n) is 11.3. The molecule has 100 valence electrons. The molecule has 0 bridgehead atoms. The van der Waals surface area contributed by atoms with Gasteiger partial charge in [-0.1, -0.05) is 44.4 Å². The lowest BCUT2D eigenvalue weighted by Gasteiger charge is -1.97. The molecule has 1 aromatic rings. The Morgan fingerprint density at radius 2 is 2.11 bits per heavy atom. The van der Waals surface area contributed by atoms with Gasteiger partial charge in [0.2, 0.25) is 0 Å². The summed E-state index contributed by atoms with van der Waals surface area (Å²) in [5, 5.41) is 0.0750. The van der Waals surface area contributed by atoms with E-state index in [0.29, 0.717) is 5.57 Å². The van der Waals surface area contributed by atoms with E-state index in [-0.39, 0.29) is 16.3 Å². The maximum Gasteiger partial charge on any atom is 0.264 e. The van der Waals surface area contributed by atoms with Crippen molar-refractivity contribution in [1.82, 2.24) is 9.55 Å². The standard InChI is InChI=1S/C15H18N2O2/c1-5-7-8-9-12(6-2)10-13-14(18)16-11(3)17(4)15(13)19/h6-10H,2-3,5H2,1,4H3,(H,16,18)/b8-7-,12-9+,13-10-. The highest BCUT2D eigenvalue weighted by Crippen LogP contribution is 1.97.